The number of morpholine rings is 1. The van der Waals surface area contributed by atoms with E-state index in [0.717, 1.165) is 42.9 Å². The second-order valence-corrected chi connectivity index (χ2v) is 7.10. The average molecular weight is 354 g/mol. The standard InChI is InChI=1S/C16H24BrN3O/c17-13-3-4-14(19-12-13)11-15(18)16(5-1-2-6-16)20-7-9-21-10-8-20/h3-4,12,15H,1-2,5-11,18H2. The van der Waals surface area contributed by atoms with Gasteiger partial charge in [0.25, 0.3) is 0 Å². The Morgan fingerprint density at radius 3 is 2.62 bits per heavy atom. The summed E-state index contributed by atoms with van der Waals surface area (Å²) in [6, 6.07) is 4.27. The van der Waals surface area contributed by atoms with E-state index in [1.165, 1.54) is 25.7 Å². The van der Waals surface area contributed by atoms with Crippen molar-refractivity contribution in [1.29, 1.82) is 0 Å². The average Bonchev–Trinajstić information content (AvgIpc) is 3.01. The Morgan fingerprint density at radius 2 is 2.00 bits per heavy atom. The molecule has 1 atom stereocenters. The highest BCUT2D eigenvalue weighted by molar-refractivity contribution is 9.10. The van der Waals surface area contributed by atoms with E-state index >= 15 is 0 Å². The summed E-state index contributed by atoms with van der Waals surface area (Å²) in [7, 11) is 0. The molecule has 2 N–H and O–H groups in total. The van der Waals surface area contributed by atoms with Gasteiger partial charge >= 0.3 is 0 Å². The maximum Gasteiger partial charge on any atom is 0.0594 e. The summed E-state index contributed by atoms with van der Waals surface area (Å²) >= 11 is 3.44. The SMILES string of the molecule is NC(Cc1ccc(Br)cn1)C1(N2CCOCC2)CCCC1. The monoisotopic (exact) mass is 353 g/mol. The molecule has 0 bridgehead atoms. The van der Waals surface area contributed by atoms with Crippen LogP contribution in [0.3, 0.4) is 0 Å². The van der Waals surface area contributed by atoms with E-state index < -0.39 is 0 Å². The summed E-state index contributed by atoms with van der Waals surface area (Å²) in [4.78, 5) is 7.09. The Hall–Kier alpha value is -0.490. The molecule has 1 saturated carbocycles. The Morgan fingerprint density at radius 1 is 1.29 bits per heavy atom. The van der Waals surface area contributed by atoms with Crippen molar-refractivity contribution >= 4 is 15.9 Å². The molecule has 1 aromatic rings. The molecule has 0 aromatic carbocycles. The highest BCUT2D eigenvalue weighted by Gasteiger charge is 2.44. The fourth-order valence-corrected chi connectivity index (χ4v) is 4.09. The summed E-state index contributed by atoms with van der Waals surface area (Å²) in [6.45, 7) is 3.71. The number of ether oxygens (including phenoxy) is 1. The molecule has 1 aliphatic carbocycles. The molecule has 21 heavy (non-hydrogen) atoms. The molecule has 2 aliphatic rings. The van der Waals surface area contributed by atoms with Gasteiger partial charge in [0, 0.05) is 47.5 Å². The minimum absolute atomic E-state index is 0.145. The van der Waals surface area contributed by atoms with Crippen molar-refractivity contribution in [2.45, 2.75) is 43.7 Å². The van der Waals surface area contributed by atoms with Gasteiger partial charge in [0.1, 0.15) is 0 Å². The van der Waals surface area contributed by atoms with Crippen LogP contribution in [0.2, 0.25) is 0 Å². The van der Waals surface area contributed by atoms with Gasteiger partial charge in [-0.3, -0.25) is 9.88 Å². The summed E-state index contributed by atoms with van der Waals surface area (Å²) in [5.41, 5.74) is 7.92. The number of aromatic nitrogens is 1. The largest absolute Gasteiger partial charge is 0.379 e. The number of rotatable bonds is 4. The number of nitrogens with zero attached hydrogens (tertiary/aromatic N) is 2. The second kappa shape index (κ2) is 6.73. The highest BCUT2D eigenvalue weighted by Crippen LogP contribution is 2.38. The first kappa shape index (κ1) is 15.4. The quantitative estimate of drug-likeness (QED) is 0.902. The van der Waals surface area contributed by atoms with E-state index in [2.05, 4.69) is 31.9 Å². The van der Waals surface area contributed by atoms with E-state index in [0.29, 0.717) is 0 Å². The van der Waals surface area contributed by atoms with Gasteiger partial charge in [-0.25, -0.2) is 0 Å². The van der Waals surface area contributed by atoms with Crippen LogP contribution in [0.4, 0.5) is 0 Å². The molecule has 0 amide bonds. The van der Waals surface area contributed by atoms with Gasteiger partial charge in [-0.15, -0.1) is 0 Å². The lowest BCUT2D eigenvalue weighted by Gasteiger charge is -2.47. The van der Waals surface area contributed by atoms with E-state index in [1.807, 2.05) is 12.3 Å². The Balaban J connectivity index is 1.74. The van der Waals surface area contributed by atoms with Crippen LogP contribution in [0.25, 0.3) is 0 Å². The van der Waals surface area contributed by atoms with Crippen LogP contribution in [0.15, 0.2) is 22.8 Å². The predicted octanol–water partition coefficient (Wildman–Crippen LogP) is 2.36. The smallest absolute Gasteiger partial charge is 0.0594 e. The van der Waals surface area contributed by atoms with Crippen LogP contribution in [-0.4, -0.2) is 47.8 Å². The fourth-order valence-electron chi connectivity index (χ4n) is 3.86. The lowest BCUT2D eigenvalue weighted by molar-refractivity contribution is -0.0306. The lowest BCUT2D eigenvalue weighted by atomic mass is 9.83. The molecule has 1 aliphatic heterocycles. The van der Waals surface area contributed by atoms with Crippen molar-refractivity contribution in [3.8, 4) is 0 Å². The van der Waals surface area contributed by atoms with Crippen LogP contribution < -0.4 is 5.73 Å². The number of hydrogen-bond acceptors (Lipinski definition) is 4. The fraction of sp³-hybridized carbons (Fsp3) is 0.688. The summed E-state index contributed by atoms with van der Waals surface area (Å²) < 4.78 is 6.53. The molecule has 1 aromatic heterocycles. The zero-order valence-electron chi connectivity index (χ0n) is 12.4. The molecule has 4 nitrogen and oxygen atoms in total. The molecule has 3 rings (SSSR count). The van der Waals surface area contributed by atoms with Crippen molar-refractivity contribution < 1.29 is 4.74 Å². The normalized spacial score (nSPS) is 24.1. The third kappa shape index (κ3) is 3.31. The van der Waals surface area contributed by atoms with Gasteiger partial charge in [0.2, 0.25) is 0 Å². The minimum Gasteiger partial charge on any atom is -0.379 e. The van der Waals surface area contributed by atoms with Gasteiger partial charge in [0.15, 0.2) is 0 Å². The van der Waals surface area contributed by atoms with Crippen molar-refractivity contribution in [1.82, 2.24) is 9.88 Å². The zero-order chi connectivity index (χ0) is 14.7. The first-order valence-electron chi connectivity index (χ1n) is 7.89. The van der Waals surface area contributed by atoms with Crippen molar-refractivity contribution in [3.05, 3.63) is 28.5 Å². The first-order valence-corrected chi connectivity index (χ1v) is 8.69. The Kier molecular flexibility index (Phi) is 4.94. The van der Waals surface area contributed by atoms with Gasteiger partial charge in [-0.1, -0.05) is 12.8 Å². The number of pyridine rings is 1. The highest BCUT2D eigenvalue weighted by atomic mass is 79.9. The van der Waals surface area contributed by atoms with Gasteiger partial charge in [-0.2, -0.15) is 0 Å². The van der Waals surface area contributed by atoms with Crippen LogP contribution >= 0.6 is 15.9 Å². The molecule has 1 unspecified atom stereocenters. The molecule has 2 fully saturated rings. The molecule has 0 radical (unpaired) electrons. The van der Waals surface area contributed by atoms with Gasteiger partial charge in [0.05, 0.1) is 13.2 Å². The van der Waals surface area contributed by atoms with Crippen molar-refractivity contribution in [2.75, 3.05) is 26.3 Å². The van der Waals surface area contributed by atoms with Crippen LogP contribution in [0.1, 0.15) is 31.4 Å². The second-order valence-electron chi connectivity index (χ2n) is 6.19. The third-order valence-corrected chi connectivity index (χ3v) is 5.49. The number of nitrogens with two attached hydrogens (primary N) is 1. The molecule has 116 valence electrons. The molecule has 5 heteroatoms. The van der Waals surface area contributed by atoms with Crippen molar-refractivity contribution in [3.63, 3.8) is 0 Å². The van der Waals surface area contributed by atoms with Gasteiger partial charge in [-0.05, 0) is 40.9 Å². The predicted molar refractivity (Wildman–Crippen MR) is 87.2 cm³/mol. The van der Waals surface area contributed by atoms with Crippen LogP contribution in [0.5, 0.6) is 0 Å². The molecule has 1 saturated heterocycles. The van der Waals surface area contributed by atoms with Crippen LogP contribution in [0, 0.1) is 0 Å². The van der Waals surface area contributed by atoms with Gasteiger partial charge < -0.3 is 10.5 Å². The topological polar surface area (TPSA) is 51.4 Å². The summed E-state index contributed by atoms with van der Waals surface area (Å²) in [5, 5.41) is 0. The maximum absolute atomic E-state index is 6.68. The molecule has 0 spiro atoms. The third-order valence-electron chi connectivity index (χ3n) is 5.02. The summed E-state index contributed by atoms with van der Waals surface area (Å²) in [5.74, 6) is 0. The van der Waals surface area contributed by atoms with E-state index in [4.69, 9.17) is 10.5 Å². The van der Waals surface area contributed by atoms with E-state index in [-0.39, 0.29) is 11.6 Å². The lowest BCUT2D eigenvalue weighted by Crippen LogP contribution is -2.61. The summed E-state index contributed by atoms with van der Waals surface area (Å²) in [6.07, 6.45) is 7.72. The number of hydrogen-bond donors (Lipinski definition) is 1. The molecular weight excluding hydrogens is 330 g/mol. The first-order chi connectivity index (χ1) is 10.2. The number of halogens is 1. The van der Waals surface area contributed by atoms with Crippen molar-refractivity contribution in [2.24, 2.45) is 5.73 Å². The maximum atomic E-state index is 6.68. The Bertz CT molecular complexity index is 453. The van der Waals surface area contributed by atoms with E-state index in [1.54, 1.807) is 0 Å². The van der Waals surface area contributed by atoms with E-state index in [9.17, 15) is 0 Å². The zero-order valence-corrected chi connectivity index (χ0v) is 14.0. The Labute approximate surface area is 135 Å². The molecular formula is C16H24BrN3O. The minimum atomic E-state index is 0.145. The van der Waals surface area contributed by atoms with Crippen LogP contribution in [-0.2, 0) is 11.2 Å². The molecule has 2 heterocycles.